The minimum Gasteiger partial charge on any atom is -0.278 e. The van der Waals surface area contributed by atoms with Crippen LogP contribution in [-0.4, -0.2) is 24.3 Å². The Labute approximate surface area is 122 Å². The van der Waals surface area contributed by atoms with Crippen molar-refractivity contribution in [3.63, 3.8) is 0 Å². The number of nitrogens with zero attached hydrogens (tertiary/aromatic N) is 5. The van der Waals surface area contributed by atoms with Crippen LogP contribution < -0.4 is 0 Å². The molecular weight excluding hydrogens is 326 g/mol. The quantitative estimate of drug-likeness (QED) is 0.544. The highest BCUT2D eigenvalue weighted by Gasteiger charge is 2.11. The molecule has 19 heavy (non-hydrogen) atoms. The van der Waals surface area contributed by atoms with Crippen LogP contribution in [0.5, 0.6) is 0 Å². The molecule has 0 saturated carbocycles. The highest BCUT2D eigenvalue weighted by Crippen LogP contribution is 2.24. The van der Waals surface area contributed by atoms with Gasteiger partial charge in [-0.05, 0) is 35.0 Å². The van der Waals surface area contributed by atoms with Crippen LogP contribution in [0, 0.1) is 6.92 Å². The third-order valence-corrected chi connectivity index (χ3v) is 4.23. The topological polar surface area (TPSA) is 56.0 Å². The Kier molecular flexibility index (Phi) is 3.48. The van der Waals surface area contributed by atoms with Crippen molar-refractivity contribution in [2.75, 3.05) is 0 Å². The van der Waals surface area contributed by atoms with Gasteiger partial charge in [0.1, 0.15) is 4.60 Å². The van der Waals surface area contributed by atoms with E-state index in [2.05, 4.69) is 35.9 Å². The molecule has 0 aliphatic heterocycles. The molecule has 0 atom stereocenters. The van der Waals surface area contributed by atoms with Crippen LogP contribution in [0.2, 0.25) is 0 Å². The van der Waals surface area contributed by atoms with Crippen molar-refractivity contribution in [1.29, 1.82) is 0 Å². The number of hydrogen-bond acceptors (Lipinski definition) is 5. The second-order valence-electron chi connectivity index (χ2n) is 3.91. The summed E-state index contributed by atoms with van der Waals surface area (Å²) in [6, 6.07) is 3.76. The molecule has 0 aliphatic carbocycles. The van der Waals surface area contributed by atoms with Crippen molar-refractivity contribution >= 4 is 33.5 Å². The van der Waals surface area contributed by atoms with Gasteiger partial charge in [0.25, 0.3) is 0 Å². The van der Waals surface area contributed by atoms with Crippen molar-refractivity contribution < 1.29 is 0 Å². The molecule has 3 aromatic heterocycles. The molecule has 0 aliphatic rings. The monoisotopic (exact) mass is 335 g/mol. The number of halogens is 1. The summed E-state index contributed by atoms with van der Waals surface area (Å²) in [5.74, 6) is 1.39. The van der Waals surface area contributed by atoms with E-state index in [1.54, 1.807) is 24.2 Å². The van der Waals surface area contributed by atoms with E-state index < -0.39 is 0 Å². The Morgan fingerprint density at radius 1 is 1.26 bits per heavy atom. The number of aromatic nitrogens is 5. The summed E-state index contributed by atoms with van der Waals surface area (Å²) in [5.41, 5.74) is 1.90. The normalized spacial score (nSPS) is 11.1. The van der Waals surface area contributed by atoms with Gasteiger partial charge in [-0.25, -0.2) is 19.9 Å². The first-order valence-electron chi connectivity index (χ1n) is 5.64. The molecule has 3 rings (SSSR count). The Hall–Kier alpha value is -1.47. The van der Waals surface area contributed by atoms with Gasteiger partial charge in [-0.1, -0.05) is 11.8 Å². The fraction of sp³-hybridized carbons (Fsp3) is 0.167. The van der Waals surface area contributed by atoms with Crippen LogP contribution in [0.15, 0.2) is 40.5 Å². The fourth-order valence-electron chi connectivity index (χ4n) is 1.63. The third kappa shape index (κ3) is 2.62. The smallest absolute Gasteiger partial charge is 0.234 e. The standard InChI is InChI=1S/C12H10BrN5S/c1-8-3-5-15-12(16-8)19-7-9-10(13)18-6-2-4-14-11(18)17-9/h2-6H,7H2,1H3. The summed E-state index contributed by atoms with van der Waals surface area (Å²) in [5, 5.41) is 0.761. The average molecular weight is 336 g/mol. The first-order valence-corrected chi connectivity index (χ1v) is 7.42. The SMILES string of the molecule is Cc1ccnc(SCc2nc3ncccn3c2Br)n1. The Morgan fingerprint density at radius 2 is 2.16 bits per heavy atom. The van der Waals surface area contributed by atoms with E-state index in [9.17, 15) is 0 Å². The van der Waals surface area contributed by atoms with E-state index >= 15 is 0 Å². The lowest BCUT2D eigenvalue weighted by Crippen LogP contribution is -1.90. The Morgan fingerprint density at radius 3 is 2.95 bits per heavy atom. The third-order valence-electron chi connectivity index (χ3n) is 2.52. The molecule has 3 heterocycles. The second-order valence-corrected chi connectivity index (χ2v) is 5.60. The van der Waals surface area contributed by atoms with Gasteiger partial charge in [-0.2, -0.15) is 0 Å². The molecule has 0 aromatic carbocycles. The molecule has 0 saturated heterocycles. The van der Waals surface area contributed by atoms with Crippen molar-refractivity contribution in [1.82, 2.24) is 24.3 Å². The minimum atomic E-state index is 0.690. The van der Waals surface area contributed by atoms with Crippen LogP contribution in [-0.2, 0) is 5.75 Å². The molecule has 7 heteroatoms. The number of hydrogen-bond donors (Lipinski definition) is 0. The minimum absolute atomic E-state index is 0.690. The maximum atomic E-state index is 4.48. The van der Waals surface area contributed by atoms with Crippen LogP contribution >= 0.6 is 27.7 Å². The maximum Gasteiger partial charge on any atom is 0.234 e. The van der Waals surface area contributed by atoms with Crippen LogP contribution in [0.3, 0.4) is 0 Å². The number of thioether (sulfide) groups is 1. The molecular formula is C12H10BrN5S. The fourth-order valence-corrected chi connectivity index (χ4v) is 3.13. The molecule has 0 unspecified atom stereocenters. The summed E-state index contributed by atoms with van der Waals surface area (Å²) >= 11 is 5.11. The lowest BCUT2D eigenvalue weighted by molar-refractivity contribution is 0.931. The summed E-state index contributed by atoms with van der Waals surface area (Å²) in [6.07, 6.45) is 5.43. The molecule has 0 N–H and O–H groups in total. The Bertz CT molecular complexity index is 727. The molecule has 5 nitrogen and oxygen atoms in total. The number of aryl methyl sites for hydroxylation is 1. The molecule has 0 bridgehead atoms. The van der Waals surface area contributed by atoms with E-state index in [-0.39, 0.29) is 0 Å². The first-order chi connectivity index (χ1) is 9.24. The molecule has 0 radical (unpaired) electrons. The second kappa shape index (κ2) is 5.26. The zero-order valence-corrected chi connectivity index (χ0v) is 12.5. The summed E-state index contributed by atoms with van der Waals surface area (Å²) in [4.78, 5) is 17.3. The van der Waals surface area contributed by atoms with Gasteiger partial charge in [-0.3, -0.25) is 4.40 Å². The predicted molar refractivity (Wildman–Crippen MR) is 77.0 cm³/mol. The highest BCUT2D eigenvalue weighted by molar-refractivity contribution is 9.10. The summed E-state index contributed by atoms with van der Waals surface area (Å²) < 4.78 is 2.84. The predicted octanol–water partition coefficient (Wildman–Crippen LogP) is 2.88. The summed E-state index contributed by atoms with van der Waals surface area (Å²) in [7, 11) is 0. The van der Waals surface area contributed by atoms with Crippen molar-refractivity contribution in [2.24, 2.45) is 0 Å². The van der Waals surface area contributed by atoms with Crippen molar-refractivity contribution in [3.8, 4) is 0 Å². The van der Waals surface area contributed by atoms with Crippen molar-refractivity contribution in [2.45, 2.75) is 17.8 Å². The van der Waals surface area contributed by atoms with Gasteiger partial charge in [0.05, 0.1) is 5.69 Å². The van der Waals surface area contributed by atoms with Gasteiger partial charge >= 0.3 is 0 Å². The Balaban J connectivity index is 1.84. The highest BCUT2D eigenvalue weighted by atomic mass is 79.9. The first kappa shape index (κ1) is 12.6. The van der Waals surface area contributed by atoms with E-state index in [4.69, 9.17) is 0 Å². The number of rotatable bonds is 3. The van der Waals surface area contributed by atoms with Crippen LogP contribution in [0.4, 0.5) is 0 Å². The van der Waals surface area contributed by atoms with Gasteiger partial charge in [-0.15, -0.1) is 0 Å². The summed E-state index contributed by atoms with van der Waals surface area (Å²) in [6.45, 7) is 1.95. The van der Waals surface area contributed by atoms with E-state index in [1.807, 2.05) is 29.7 Å². The van der Waals surface area contributed by atoms with Crippen molar-refractivity contribution in [3.05, 3.63) is 46.7 Å². The number of fused-ring (bicyclic) bond motifs is 1. The number of imidazole rings is 1. The van der Waals surface area contributed by atoms with Gasteiger partial charge in [0.2, 0.25) is 5.78 Å². The van der Waals surface area contributed by atoms with Gasteiger partial charge < -0.3 is 0 Å². The zero-order chi connectivity index (χ0) is 13.2. The average Bonchev–Trinajstić information content (AvgIpc) is 2.74. The van der Waals surface area contributed by atoms with E-state index in [1.165, 1.54) is 0 Å². The lowest BCUT2D eigenvalue weighted by Gasteiger charge is -1.99. The molecule has 3 aromatic rings. The molecule has 0 spiro atoms. The van der Waals surface area contributed by atoms with Gasteiger partial charge in [0.15, 0.2) is 5.16 Å². The zero-order valence-electron chi connectivity index (χ0n) is 10.1. The molecule has 96 valence electrons. The van der Waals surface area contributed by atoms with Crippen LogP contribution in [0.1, 0.15) is 11.4 Å². The maximum absolute atomic E-state index is 4.48. The molecule has 0 amide bonds. The van der Waals surface area contributed by atoms with E-state index in [0.29, 0.717) is 11.5 Å². The lowest BCUT2D eigenvalue weighted by atomic mass is 10.5. The van der Waals surface area contributed by atoms with Gasteiger partial charge in [0, 0.05) is 30.0 Å². The molecule has 0 fully saturated rings. The van der Waals surface area contributed by atoms with Crippen LogP contribution in [0.25, 0.3) is 5.78 Å². The van der Waals surface area contributed by atoms with E-state index in [0.717, 1.165) is 21.1 Å². The largest absolute Gasteiger partial charge is 0.278 e.